The minimum absolute atomic E-state index is 0.0621. The van der Waals surface area contributed by atoms with Gasteiger partial charge in [0.15, 0.2) is 0 Å². The second-order valence-electron chi connectivity index (χ2n) is 5.81. The molecule has 0 radical (unpaired) electrons. The second kappa shape index (κ2) is 6.68. The van der Waals surface area contributed by atoms with Crippen molar-refractivity contribution in [2.45, 2.75) is 29.0 Å². The molecule has 0 aliphatic carbocycles. The Kier molecular flexibility index (Phi) is 4.39. The number of halogens is 1. The van der Waals surface area contributed by atoms with E-state index in [9.17, 15) is 14.6 Å². The first-order valence-electron chi connectivity index (χ1n) is 7.77. The molecule has 4 rings (SSSR count). The number of aliphatic hydroxyl groups is 2. The summed E-state index contributed by atoms with van der Waals surface area (Å²) in [6.07, 6.45) is 1.55. The molecule has 0 bridgehead atoms. The maximum atomic E-state index is 13.3. The van der Waals surface area contributed by atoms with Crippen LogP contribution in [0.3, 0.4) is 0 Å². The number of hydrogen-bond acceptors (Lipinski definition) is 6. The van der Waals surface area contributed by atoms with Gasteiger partial charge in [-0.2, -0.15) is 0 Å². The summed E-state index contributed by atoms with van der Waals surface area (Å²) in [5, 5.41) is 23.7. The van der Waals surface area contributed by atoms with Crippen molar-refractivity contribution in [1.82, 2.24) is 19.5 Å². The van der Waals surface area contributed by atoms with Crippen molar-refractivity contribution in [3.63, 3.8) is 0 Å². The zero-order valence-electron chi connectivity index (χ0n) is 13.1. The first-order valence-corrected chi connectivity index (χ1v) is 9.97. The van der Waals surface area contributed by atoms with E-state index in [-0.39, 0.29) is 25.7 Å². The van der Waals surface area contributed by atoms with Gasteiger partial charge in [-0.1, -0.05) is 0 Å². The molecule has 0 unspecified atom stereocenters. The van der Waals surface area contributed by atoms with E-state index < -0.39 is 12.2 Å². The second-order valence-corrected chi connectivity index (χ2v) is 8.22. The van der Waals surface area contributed by atoms with E-state index >= 15 is 0 Å². The number of nitrogens with zero attached hydrogens (tertiary/aromatic N) is 4. The van der Waals surface area contributed by atoms with Gasteiger partial charge in [0.1, 0.15) is 0 Å². The summed E-state index contributed by atoms with van der Waals surface area (Å²) >= 11 is 0.0621. The van der Waals surface area contributed by atoms with E-state index in [1.54, 1.807) is 12.4 Å². The number of hydrogen-bond donors (Lipinski definition) is 3. The van der Waals surface area contributed by atoms with Crippen LogP contribution in [0.5, 0.6) is 0 Å². The number of fused-ring (bicyclic) bond motifs is 1. The molecule has 0 saturated carbocycles. The molecule has 3 atom stereocenters. The van der Waals surface area contributed by atoms with E-state index in [2.05, 4.69) is 20.3 Å². The van der Waals surface area contributed by atoms with Gasteiger partial charge in [-0.25, -0.2) is 0 Å². The Balaban J connectivity index is 1.61. The van der Waals surface area contributed by atoms with E-state index in [0.717, 1.165) is 5.56 Å². The van der Waals surface area contributed by atoms with Crippen LogP contribution in [0.25, 0.3) is 11.2 Å². The van der Waals surface area contributed by atoms with Crippen molar-refractivity contribution in [2.75, 3.05) is 5.32 Å². The van der Waals surface area contributed by atoms with Gasteiger partial charge >= 0.3 is 149 Å². The molecule has 3 aromatic rings. The average Bonchev–Trinajstić information content (AvgIpc) is 3.17. The number of imidazole rings is 1. The number of anilines is 1. The Morgan fingerprint density at radius 1 is 1.28 bits per heavy atom. The number of nitrogens with one attached hydrogen (secondary N) is 1. The van der Waals surface area contributed by atoms with E-state index in [0.29, 0.717) is 28.8 Å². The van der Waals surface area contributed by atoms with Crippen LogP contribution in [0.4, 0.5) is 10.2 Å². The van der Waals surface area contributed by atoms with Gasteiger partial charge in [-0.15, -0.1) is 0 Å². The molecule has 3 N–H and O–H groups in total. The average molecular weight is 408 g/mol. The van der Waals surface area contributed by atoms with Crippen LogP contribution in [0, 0.1) is 5.82 Å². The molecule has 0 spiro atoms. The summed E-state index contributed by atoms with van der Waals surface area (Å²) in [4.78, 5) is 12.7. The third-order valence-electron chi connectivity index (χ3n) is 4.11. The third-order valence-corrected chi connectivity index (χ3v) is 7.00. The summed E-state index contributed by atoms with van der Waals surface area (Å²) in [5.41, 5.74) is 1.99. The Bertz CT molecular complexity index is 905. The third kappa shape index (κ3) is 3.11. The van der Waals surface area contributed by atoms with Crippen LogP contribution in [0.15, 0.2) is 36.9 Å². The van der Waals surface area contributed by atoms with Crippen molar-refractivity contribution >= 4 is 31.9 Å². The van der Waals surface area contributed by atoms with E-state index in [4.69, 9.17) is 0 Å². The van der Waals surface area contributed by atoms with Crippen molar-refractivity contribution in [2.24, 2.45) is 0 Å². The number of aromatic nitrogens is 4. The molecule has 9 heteroatoms. The summed E-state index contributed by atoms with van der Waals surface area (Å²) < 4.78 is 15.1. The van der Waals surface area contributed by atoms with Crippen molar-refractivity contribution < 1.29 is 14.6 Å². The maximum absolute atomic E-state index is 13.3. The molecule has 2 aromatic heterocycles. The molecule has 7 nitrogen and oxygen atoms in total. The van der Waals surface area contributed by atoms with Gasteiger partial charge in [-0.3, -0.25) is 0 Å². The molecular formula is C16H16FN5O2Se. The van der Waals surface area contributed by atoms with Crippen LogP contribution in [0.1, 0.15) is 10.5 Å². The van der Waals surface area contributed by atoms with Gasteiger partial charge in [0.2, 0.25) is 0 Å². The first kappa shape index (κ1) is 16.4. The monoisotopic (exact) mass is 409 g/mol. The minimum atomic E-state index is -0.809. The van der Waals surface area contributed by atoms with Crippen LogP contribution < -0.4 is 5.32 Å². The van der Waals surface area contributed by atoms with Gasteiger partial charge < -0.3 is 0 Å². The number of rotatable bonds is 4. The van der Waals surface area contributed by atoms with Crippen LogP contribution in [0.2, 0.25) is 5.32 Å². The molecule has 1 aliphatic heterocycles. The standard InChI is InChI=1S/C16H16FN5O2Se/c17-10-3-1-2-9(4-10)5-18-14-12-15(20-7-19-14)22(8-21-12)16-13(24)11(23)6-25-16/h1-4,7-8,11,13,16,23-24H,5-6H2,(H,18,19,20)/t11-,13-,16-/m1/s1. The molecule has 0 amide bonds. The van der Waals surface area contributed by atoms with E-state index in [1.165, 1.54) is 18.5 Å². The summed E-state index contributed by atoms with van der Waals surface area (Å²) in [5.74, 6) is 0.265. The topological polar surface area (TPSA) is 96.1 Å². The number of aliphatic hydroxyl groups excluding tert-OH is 2. The van der Waals surface area contributed by atoms with Gasteiger partial charge in [0.05, 0.1) is 0 Å². The SMILES string of the molecule is O[C@@H]1[C@H](O)C[Se][C@H]1n1cnc2c(NCc3cccc(F)c3)ncnc21. The van der Waals surface area contributed by atoms with Gasteiger partial charge in [-0.05, 0) is 0 Å². The Labute approximate surface area is 149 Å². The molecule has 25 heavy (non-hydrogen) atoms. The number of benzene rings is 1. The fourth-order valence-corrected chi connectivity index (χ4v) is 5.53. The first-order chi connectivity index (χ1) is 12.1. The molecule has 1 aromatic carbocycles. The molecule has 1 fully saturated rings. The van der Waals surface area contributed by atoms with Crippen LogP contribution in [-0.4, -0.2) is 56.9 Å². The molecular weight excluding hydrogens is 392 g/mol. The Hall–Kier alpha value is -2.06. The van der Waals surface area contributed by atoms with Gasteiger partial charge in [0, 0.05) is 0 Å². The van der Waals surface area contributed by atoms with Crippen LogP contribution >= 0.6 is 0 Å². The fourth-order valence-electron chi connectivity index (χ4n) is 2.83. The summed E-state index contributed by atoms with van der Waals surface area (Å²) in [6, 6.07) is 6.34. The zero-order valence-corrected chi connectivity index (χ0v) is 14.8. The normalized spacial score (nSPS) is 23.2. The molecule has 130 valence electrons. The molecule has 1 aliphatic rings. The summed E-state index contributed by atoms with van der Waals surface area (Å²) in [7, 11) is 0. The predicted molar refractivity (Wildman–Crippen MR) is 90.7 cm³/mol. The molecule has 1 saturated heterocycles. The van der Waals surface area contributed by atoms with Crippen molar-refractivity contribution in [1.29, 1.82) is 0 Å². The van der Waals surface area contributed by atoms with E-state index in [1.807, 2.05) is 10.6 Å². The molecule has 3 heterocycles. The predicted octanol–water partition coefficient (Wildman–Crippen LogP) is 0.934. The zero-order chi connectivity index (χ0) is 17.4. The quantitative estimate of drug-likeness (QED) is 0.556. The van der Waals surface area contributed by atoms with Crippen LogP contribution in [-0.2, 0) is 6.54 Å². The Morgan fingerprint density at radius 3 is 2.92 bits per heavy atom. The summed E-state index contributed by atoms with van der Waals surface area (Å²) in [6.45, 7) is 0.408. The van der Waals surface area contributed by atoms with Crippen molar-refractivity contribution in [3.05, 3.63) is 48.3 Å². The fraction of sp³-hybridized carbons (Fsp3) is 0.312. The Morgan fingerprint density at radius 2 is 2.16 bits per heavy atom. The van der Waals surface area contributed by atoms with Gasteiger partial charge in [0.25, 0.3) is 0 Å². The van der Waals surface area contributed by atoms with Crippen molar-refractivity contribution in [3.8, 4) is 0 Å².